The Kier molecular flexibility index (Phi) is 5.16. The number of rotatable bonds is 4. The van der Waals surface area contributed by atoms with Crippen molar-refractivity contribution in [3.8, 4) is 0 Å². The first-order valence-corrected chi connectivity index (χ1v) is 7.99. The molecule has 1 N–H and O–H groups in total. The lowest BCUT2D eigenvalue weighted by atomic mass is 10.1. The number of aliphatic imine (C=N–C) groups is 1. The van der Waals surface area contributed by atoms with Crippen LogP contribution in [0.4, 0.5) is 0 Å². The maximum atomic E-state index is 4.71. The summed E-state index contributed by atoms with van der Waals surface area (Å²) in [5.74, 6) is 1.17. The number of hydrogen-bond acceptors (Lipinski definition) is 4. The average Bonchev–Trinajstić information content (AvgIpc) is 2.80. The molecule has 4 heteroatoms. The predicted molar refractivity (Wildman–Crippen MR) is 76.9 cm³/mol. The van der Waals surface area contributed by atoms with Gasteiger partial charge >= 0.3 is 0 Å². The predicted octanol–water partition coefficient (Wildman–Crippen LogP) is 2.33. The lowest BCUT2D eigenvalue weighted by Crippen LogP contribution is -2.43. The minimum Gasteiger partial charge on any atom is -0.362 e. The number of amidine groups is 1. The summed E-state index contributed by atoms with van der Waals surface area (Å²) in [6.45, 7) is 8.25. The van der Waals surface area contributed by atoms with Crippen LogP contribution in [0.5, 0.6) is 0 Å². The summed E-state index contributed by atoms with van der Waals surface area (Å²) in [5.41, 5.74) is 0. The number of nitrogens with one attached hydrogen (secondary N) is 1. The molecule has 2 heterocycles. The summed E-state index contributed by atoms with van der Waals surface area (Å²) >= 11 is 1.91. The third-order valence-corrected chi connectivity index (χ3v) is 4.69. The molecule has 0 spiro atoms. The molecule has 1 saturated heterocycles. The molecule has 17 heavy (non-hydrogen) atoms. The molecule has 0 aromatic heterocycles. The van der Waals surface area contributed by atoms with E-state index in [1.165, 1.54) is 56.2 Å². The lowest BCUT2D eigenvalue weighted by Gasteiger charge is -2.32. The Balaban J connectivity index is 1.71. The number of nitrogens with zero attached hydrogens (tertiary/aromatic N) is 2. The maximum absolute atomic E-state index is 4.71. The van der Waals surface area contributed by atoms with Gasteiger partial charge < -0.3 is 10.2 Å². The van der Waals surface area contributed by atoms with Gasteiger partial charge in [0.2, 0.25) is 0 Å². The van der Waals surface area contributed by atoms with E-state index in [1.54, 1.807) is 0 Å². The van der Waals surface area contributed by atoms with E-state index in [2.05, 4.69) is 24.1 Å². The van der Waals surface area contributed by atoms with Gasteiger partial charge in [0.25, 0.3) is 0 Å². The van der Waals surface area contributed by atoms with Gasteiger partial charge in [0.05, 0.1) is 6.04 Å². The first-order chi connectivity index (χ1) is 8.31. The molecule has 0 aromatic carbocycles. The molecule has 0 aliphatic carbocycles. The van der Waals surface area contributed by atoms with Gasteiger partial charge in [0.15, 0.2) is 5.17 Å². The number of hydrogen-bond donors (Lipinski definition) is 1. The molecular weight excluding hydrogens is 230 g/mol. The fourth-order valence-corrected chi connectivity index (χ4v) is 3.63. The largest absolute Gasteiger partial charge is 0.362 e. The maximum Gasteiger partial charge on any atom is 0.157 e. The normalized spacial score (nSPS) is 27.2. The van der Waals surface area contributed by atoms with E-state index in [0.29, 0.717) is 12.1 Å². The third kappa shape index (κ3) is 3.88. The molecule has 1 unspecified atom stereocenters. The van der Waals surface area contributed by atoms with E-state index in [9.17, 15) is 0 Å². The van der Waals surface area contributed by atoms with Crippen molar-refractivity contribution in [2.45, 2.75) is 51.6 Å². The van der Waals surface area contributed by atoms with Crippen LogP contribution in [0.3, 0.4) is 0 Å². The highest BCUT2D eigenvalue weighted by Gasteiger charge is 2.22. The molecule has 0 saturated carbocycles. The minimum absolute atomic E-state index is 0.558. The van der Waals surface area contributed by atoms with Crippen molar-refractivity contribution in [3.05, 3.63) is 0 Å². The molecule has 0 amide bonds. The lowest BCUT2D eigenvalue weighted by molar-refractivity contribution is 0.207. The second-order valence-electron chi connectivity index (χ2n) is 5.07. The molecule has 0 radical (unpaired) electrons. The second kappa shape index (κ2) is 6.64. The molecule has 2 aliphatic rings. The van der Waals surface area contributed by atoms with E-state index in [1.807, 2.05) is 11.8 Å². The zero-order chi connectivity index (χ0) is 12.1. The van der Waals surface area contributed by atoms with Crippen LogP contribution in [-0.4, -0.2) is 47.5 Å². The Bertz CT molecular complexity index is 259. The van der Waals surface area contributed by atoms with Gasteiger partial charge in [0.1, 0.15) is 0 Å². The molecule has 1 fully saturated rings. The van der Waals surface area contributed by atoms with Crippen LogP contribution in [-0.2, 0) is 0 Å². The quantitative estimate of drug-likeness (QED) is 0.835. The highest BCUT2D eigenvalue weighted by Crippen LogP contribution is 2.20. The summed E-state index contributed by atoms with van der Waals surface area (Å²) < 4.78 is 0. The van der Waals surface area contributed by atoms with Crippen molar-refractivity contribution < 1.29 is 0 Å². The first-order valence-electron chi connectivity index (χ1n) is 7.01. The molecule has 1 atom stereocenters. The van der Waals surface area contributed by atoms with E-state index < -0.39 is 0 Å². The summed E-state index contributed by atoms with van der Waals surface area (Å²) in [6.07, 6.45) is 5.00. The van der Waals surface area contributed by atoms with Gasteiger partial charge in [-0.2, -0.15) is 0 Å². The molecule has 98 valence electrons. The zero-order valence-electron chi connectivity index (χ0n) is 11.1. The van der Waals surface area contributed by atoms with Crippen molar-refractivity contribution in [1.82, 2.24) is 10.2 Å². The Morgan fingerprint density at radius 2 is 2.12 bits per heavy atom. The van der Waals surface area contributed by atoms with Gasteiger partial charge in [-0.25, -0.2) is 0 Å². The Morgan fingerprint density at radius 3 is 2.71 bits per heavy atom. The van der Waals surface area contributed by atoms with Crippen LogP contribution in [0.1, 0.15) is 39.5 Å². The average molecular weight is 255 g/mol. The first kappa shape index (κ1) is 13.2. The van der Waals surface area contributed by atoms with Crippen molar-refractivity contribution in [1.29, 1.82) is 0 Å². The smallest absolute Gasteiger partial charge is 0.157 e. The van der Waals surface area contributed by atoms with Gasteiger partial charge in [0, 0.05) is 24.9 Å². The molecule has 0 aromatic rings. The SMILES string of the molecule is CCCN1CCC(NC2=NC(CC)CS2)CC1. The summed E-state index contributed by atoms with van der Waals surface area (Å²) in [7, 11) is 0. The third-order valence-electron chi connectivity index (χ3n) is 3.64. The molecule has 0 bridgehead atoms. The van der Waals surface area contributed by atoms with Crippen LogP contribution in [0, 0.1) is 0 Å². The van der Waals surface area contributed by atoms with Crippen LogP contribution >= 0.6 is 11.8 Å². The topological polar surface area (TPSA) is 27.6 Å². The van der Waals surface area contributed by atoms with Crippen LogP contribution in [0.15, 0.2) is 4.99 Å². The van der Waals surface area contributed by atoms with E-state index in [4.69, 9.17) is 4.99 Å². The van der Waals surface area contributed by atoms with Crippen LogP contribution < -0.4 is 5.32 Å². The second-order valence-corrected chi connectivity index (χ2v) is 6.08. The van der Waals surface area contributed by atoms with E-state index in [-0.39, 0.29) is 0 Å². The summed E-state index contributed by atoms with van der Waals surface area (Å²) in [5, 5.41) is 4.83. The van der Waals surface area contributed by atoms with Crippen molar-refractivity contribution in [2.24, 2.45) is 4.99 Å². The highest BCUT2D eigenvalue weighted by molar-refractivity contribution is 8.14. The molecule has 2 aliphatic heterocycles. The number of piperidine rings is 1. The monoisotopic (exact) mass is 255 g/mol. The van der Waals surface area contributed by atoms with Gasteiger partial charge in [-0.05, 0) is 32.2 Å². The molecule has 3 nitrogen and oxygen atoms in total. The fourth-order valence-electron chi connectivity index (χ4n) is 2.50. The van der Waals surface area contributed by atoms with Crippen LogP contribution in [0.2, 0.25) is 0 Å². The molecular formula is C13H25N3S. The van der Waals surface area contributed by atoms with Crippen molar-refractivity contribution in [2.75, 3.05) is 25.4 Å². The highest BCUT2D eigenvalue weighted by atomic mass is 32.2. The van der Waals surface area contributed by atoms with Gasteiger partial charge in [-0.15, -0.1) is 0 Å². The molecule has 2 rings (SSSR count). The standard InChI is InChI=1S/C13H25N3S/c1-3-7-16-8-5-12(6-9-16)15-13-14-11(4-2)10-17-13/h11-12H,3-10H2,1-2H3,(H,14,15). The van der Waals surface area contributed by atoms with Crippen LogP contribution in [0.25, 0.3) is 0 Å². The summed E-state index contributed by atoms with van der Waals surface area (Å²) in [6, 6.07) is 1.22. The van der Waals surface area contributed by atoms with Crippen molar-refractivity contribution >= 4 is 16.9 Å². The Morgan fingerprint density at radius 1 is 1.35 bits per heavy atom. The van der Waals surface area contributed by atoms with Crippen molar-refractivity contribution in [3.63, 3.8) is 0 Å². The Hall–Kier alpha value is -0.220. The summed E-state index contributed by atoms with van der Waals surface area (Å²) in [4.78, 5) is 7.29. The fraction of sp³-hybridized carbons (Fsp3) is 0.923. The number of likely N-dealkylation sites (tertiary alicyclic amines) is 1. The number of thioether (sulfide) groups is 1. The minimum atomic E-state index is 0.558. The van der Waals surface area contributed by atoms with Gasteiger partial charge in [-0.3, -0.25) is 4.99 Å². The zero-order valence-corrected chi connectivity index (χ0v) is 11.9. The van der Waals surface area contributed by atoms with Gasteiger partial charge in [-0.1, -0.05) is 25.6 Å². The van der Waals surface area contributed by atoms with E-state index in [0.717, 1.165) is 0 Å². The Labute approximate surface area is 109 Å². The van der Waals surface area contributed by atoms with E-state index >= 15 is 0 Å².